The molecule has 1 saturated heterocycles. The molecule has 7 nitrogen and oxygen atoms in total. The lowest BCUT2D eigenvalue weighted by Gasteiger charge is -2.33. The summed E-state index contributed by atoms with van der Waals surface area (Å²) in [5.74, 6) is 4.48. The second kappa shape index (κ2) is 7.16. The van der Waals surface area contributed by atoms with Crippen molar-refractivity contribution in [1.82, 2.24) is 10.3 Å². The Morgan fingerprint density at radius 2 is 2.05 bits per heavy atom. The van der Waals surface area contributed by atoms with Gasteiger partial charge in [-0.25, -0.2) is 5.84 Å². The summed E-state index contributed by atoms with van der Waals surface area (Å²) in [7, 11) is 0. The van der Waals surface area contributed by atoms with Gasteiger partial charge in [-0.2, -0.15) is 0 Å². The largest absolute Gasteiger partial charge is 0.378 e. The van der Waals surface area contributed by atoms with Crippen LogP contribution in [-0.4, -0.2) is 42.5 Å². The van der Waals surface area contributed by atoms with Crippen molar-refractivity contribution in [3.8, 4) is 0 Å². The number of primary amides is 1. The highest BCUT2D eigenvalue weighted by Gasteiger charge is 2.28. The van der Waals surface area contributed by atoms with E-state index in [4.69, 9.17) is 16.3 Å². The molecular formula is C14H20N4O3. The third-order valence-corrected chi connectivity index (χ3v) is 3.57. The number of hydrogen-bond donors (Lipinski definition) is 3. The lowest BCUT2D eigenvalue weighted by molar-refractivity contribution is -0.129. The van der Waals surface area contributed by atoms with Crippen molar-refractivity contribution in [1.29, 1.82) is 0 Å². The predicted molar refractivity (Wildman–Crippen MR) is 76.7 cm³/mol. The first-order valence-corrected chi connectivity index (χ1v) is 6.79. The van der Waals surface area contributed by atoms with Crippen LogP contribution in [0.2, 0.25) is 0 Å². The van der Waals surface area contributed by atoms with Gasteiger partial charge in [0.15, 0.2) is 0 Å². The maximum absolute atomic E-state index is 11.5. The van der Waals surface area contributed by atoms with E-state index >= 15 is 0 Å². The van der Waals surface area contributed by atoms with Gasteiger partial charge in [-0.3, -0.25) is 19.9 Å². The number of hydrogen-bond acceptors (Lipinski definition) is 5. The van der Waals surface area contributed by atoms with E-state index in [1.807, 2.05) is 29.2 Å². The number of carbonyl (C=O) groups excluding carboxylic acids is 2. The molecule has 1 fully saturated rings. The fraction of sp³-hybridized carbons (Fsp3) is 0.429. The number of nitrogens with one attached hydrogen (secondary N) is 1. The molecule has 7 heteroatoms. The lowest BCUT2D eigenvalue weighted by atomic mass is 10.0. The van der Waals surface area contributed by atoms with Gasteiger partial charge < -0.3 is 10.5 Å². The molecule has 114 valence electrons. The van der Waals surface area contributed by atoms with Crippen molar-refractivity contribution in [2.24, 2.45) is 11.6 Å². The molecule has 21 heavy (non-hydrogen) atoms. The second-order valence-corrected chi connectivity index (χ2v) is 4.98. The highest BCUT2D eigenvalue weighted by Crippen LogP contribution is 2.16. The third kappa shape index (κ3) is 4.01. The molecule has 0 aromatic heterocycles. The first-order valence-electron chi connectivity index (χ1n) is 6.79. The number of ether oxygens (including phenoxy) is 1. The zero-order valence-corrected chi connectivity index (χ0v) is 11.7. The van der Waals surface area contributed by atoms with E-state index in [0.29, 0.717) is 26.3 Å². The topological polar surface area (TPSA) is 111 Å². The molecule has 1 aliphatic heterocycles. The molecule has 0 saturated carbocycles. The molecule has 1 heterocycles. The number of hydrazine groups is 1. The van der Waals surface area contributed by atoms with Crippen LogP contribution in [0, 0.1) is 0 Å². The smallest absolute Gasteiger partial charge is 0.238 e. The van der Waals surface area contributed by atoms with E-state index in [1.165, 1.54) is 0 Å². The summed E-state index contributed by atoms with van der Waals surface area (Å²) in [5.41, 5.74) is 9.40. The monoisotopic (exact) mass is 292 g/mol. The Kier molecular flexibility index (Phi) is 5.26. The number of nitrogens with two attached hydrogens (primary N) is 2. The van der Waals surface area contributed by atoms with Crippen LogP contribution in [0.5, 0.6) is 0 Å². The molecule has 0 bridgehead atoms. The molecular weight excluding hydrogens is 272 g/mol. The minimum absolute atomic E-state index is 0.207. The Bertz CT molecular complexity index is 521. The van der Waals surface area contributed by atoms with Crippen LogP contribution in [0.15, 0.2) is 24.3 Å². The van der Waals surface area contributed by atoms with E-state index in [9.17, 15) is 9.59 Å². The number of nitrogens with zero attached hydrogens (tertiary/aromatic N) is 1. The van der Waals surface area contributed by atoms with Crippen LogP contribution < -0.4 is 17.0 Å². The van der Waals surface area contributed by atoms with Crippen molar-refractivity contribution in [3.05, 3.63) is 35.4 Å². The minimum atomic E-state index is -0.435. The average Bonchev–Trinajstić information content (AvgIpc) is 2.49. The molecule has 1 aromatic carbocycles. The average molecular weight is 292 g/mol. The Morgan fingerprint density at radius 3 is 2.71 bits per heavy atom. The van der Waals surface area contributed by atoms with Crippen molar-refractivity contribution >= 4 is 11.8 Å². The summed E-state index contributed by atoms with van der Waals surface area (Å²) in [4.78, 5) is 24.9. The van der Waals surface area contributed by atoms with Crippen molar-refractivity contribution in [2.75, 3.05) is 19.8 Å². The van der Waals surface area contributed by atoms with Crippen LogP contribution >= 0.6 is 0 Å². The molecule has 5 N–H and O–H groups in total. The third-order valence-electron chi connectivity index (χ3n) is 3.57. The van der Waals surface area contributed by atoms with Gasteiger partial charge in [0.05, 0.1) is 19.6 Å². The molecule has 1 aliphatic rings. The van der Waals surface area contributed by atoms with E-state index in [2.05, 4.69) is 5.43 Å². The summed E-state index contributed by atoms with van der Waals surface area (Å²) in [6.07, 6.45) is 0.207. The van der Waals surface area contributed by atoms with Crippen molar-refractivity contribution in [3.63, 3.8) is 0 Å². The number of amides is 2. The fourth-order valence-corrected chi connectivity index (χ4v) is 2.42. The Morgan fingerprint density at radius 1 is 1.33 bits per heavy atom. The van der Waals surface area contributed by atoms with Gasteiger partial charge in [0.1, 0.15) is 6.04 Å². The summed E-state index contributed by atoms with van der Waals surface area (Å²) >= 11 is 0. The SMILES string of the molecule is NNC(=O)Cc1ccccc1CN1CCOCC1C(N)=O. The van der Waals surface area contributed by atoms with E-state index in [-0.39, 0.29) is 12.3 Å². The van der Waals surface area contributed by atoms with Gasteiger partial charge in [0.2, 0.25) is 11.8 Å². The molecule has 1 aromatic rings. The second-order valence-electron chi connectivity index (χ2n) is 4.98. The minimum Gasteiger partial charge on any atom is -0.378 e. The van der Waals surface area contributed by atoms with Gasteiger partial charge in [-0.05, 0) is 11.1 Å². The maximum Gasteiger partial charge on any atom is 0.238 e. The molecule has 2 rings (SSSR count). The van der Waals surface area contributed by atoms with Crippen LogP contribution in [0.4, 0.5) is 0 Å². The number of carbonyl (C=O) groups is 2. The fourth-order valence-electron chi connectivity index (χ4n) is 2.42. The summed E-state index contributed by atoms with van der Waals surface area (Å²) in [5, 5.41) is 0. The lowest BCUT2D eigenvalue weighted by Crippen LogP contribution is -2.51. The van der Waals surface area contributed by atoms with Crippen molar-refractivity contribution < 1.29 is 14.3 Å². The number of rotatable bonds is 5. The van der Waals surface area contributed by atoms with Gasteiger partial charge in [0, 0.05) is 13.1 Å². The first-order chi connectivity index (χ1) is 10.1. The van der Waals surface area contributed by atoms with Gasteiger partial charge in [0.25, 0.3) is 0 Å². The maximum atomic E-state index is 11.5. The Balaban J connectivity index is 2.14. The van der Waals surface area contributed by atoms with E-state index in [1.54, 1.807) is 0 Å². The Labute approximate surface area is 123 Å². The molecule has 1 unspecified atom stereocenters. The molecule has 1 atom stereocenters. The van der Waals surface area contributed by atoms with Crippen molar-refractivity contribution in [2.45, 2.75) is 19.0 Å². The number of morpholine rings is 1. The summed E-state index contributed by atoms with van der Waals surface area (Å²) < 4.78 is 5.30. The normalized spacial score (nSPS) is 19.2. The molecule has 0 aliphatic carbocycles. The Hall–Kier alpha value is -1.96. The van der Waals surface area contributed by atoms with Gasteiger partial charge >= 0.3 is 0 Å². The van der Waals surface area contributed by atoms with Crippen LogP contribution in [0.1, 0.15) is 11.1 Å². The van der Waals surface area contributed by atoms with E-state index < -0.39 is 11.9 Å². The highest BCUT2D eigenvalue weighted by molar-refractivity contribution is 5.80. The molecule has 0 spiro atoms. The summed E-state index contributed by atoms with van der Waals surface area (Å²) in [6, 6.07) is 7.15. The quantitative estimate of drug-likeness (QED) is 0.363. The van der Waals surface area contributed by atoms with Gasteiger partial charge in [-0.15, -0.1) is 0 Å². The zero-order chi connectivity index (χ0) is 15.2. The summed E-state index contributed by atoms with van der Waals surface area (Å²) in [6.45, 7) is 2.05. The first kappa shape index (κ1) is 15.4. The van der Waals surface area contributed by atoms with E-state index in [0.717, 1.165) is 11.1 Å². The zero-order valence-electron chi connectivity index (χ0n) is 11.7. The predicted octanol–water partition coefficient (Wildman–Crippen LogP) is -1.09. The highest BCUT2D eigenvalue weighted by atomic mass is 16.5. The van der Waals surface area contributed by atoms with Crippen LogP contribution in [0.3, 0.4) is 0 Å². The number of benzene rings is 1. The van der Waals surface area contributed by atoms with Crippen LogP contribution in [0.25, 0.3) is 0 Å². The molecule has 2 amide bonds. The standard InChI is InChI=1S/C14H20N4O3/c15-14(20)12-9-21-6-5-18(12)8-11-4-2-1-3-10(11)7-13(19)17-16/h1-4,12H,5-9,16H2,(H2,15,20)(H,17,19). The molecule has 0 radical (unpaired) electrons. The van der Waals surface area contributed by atoms with Crippen LogP contribution in [-0.2, 0) is 27.3 Å². The van der Waals surface area contributed by atoms with Gasteiger partial charge in [-0.1, -0.05) is 24.3 Å².